The maximum absolute atomic E-state index is 6.19. The van der Waals surface area contributed by atoms with E-state index in [0.717, 1.165) is 22.0 Å². The number of halogens is 1. The van der Waals surface area contributed by atoms with Gasteiger partial charge in [0.1, 0.15) is 11.6 Å². The van der Waals surface area contributed by atoms with Crippen molar-refractivity contribution in [3.63, 3.8) is 0 Å². The van der Waals surface area contributed by atoms with Gasteiger partial charge in [0.15, 0.2) is 0 Å². The fourth-order valence-corrected chi connectivity index (χ4v) is 2.31. The summed E-state index contributed by atoms with van der Waals surface area (Å²) in [5.74, 6) is 0.750. The minimum Gasteiger partial charge on any atom is -0.384 e. The smallest absolute Gasteiger partial charge is 0.135 e. The lowest BCUT2D eigenvalue weighted by Crippen LogP contribution is -1.99. The first kappa shape index (κ1) is 11.7. The van der Waals surface area contributed by atoms with Gasteiger partial charge in [0, 0.05) is 27.6 Å². The molecular formula is C14H11ClN4. The van der Waals surface area contributed by atoms with Crippen molar-refractivity contribution >= 4 is 34.0 Å². The van der Waals surface area contributed by atoms with Crippen LogP contribution in [0.2, 0.25) is 5.02 Å². The summed E-state index contributed by atoms with van der Waals surface area (Å²) in [6.45, 7) is 0. The maximum atomic E-state index is 6.19. The fraction of sp³-hybridized carbons (Fsp3) is 0. The molecule has 0 unspecified atom stereocenters. The number of pyridine rings is 2. The van der Waals surface area contributed by atoms with Crippen LogP contribution in [0, 0.1) is 0 Å². The number of nitrogens with zero attached hydrogens (tertiary/aromatic N) is 2. The van der Waals surface area contributed by atoms with Crippen LogP contribution in [0.15, 0.2) is 42.6 Å². The molecular weight excluding hydrogens is 260 g/mol. The Morgan fingerprint density at radius 1 is 0.947 bits per heavy atom. The molecule has 0 saturated carbocycles. The standard InChI is InChI=1S/C14H11ClN4/c15-11-3-1-2-9-8(11)6-7-18-13(9)10-4-5-12(16)19-14(10)17/h1-7H,(H4,16,17,19). The first-order valence-corrected chi connectivity index (χ1v) is 6.10. The van der Waals surface area contributed by atoms with Crippen molar-refractivity contribution in [3.8, 4) is 11.3 Å². The third-order valence-electron chi connectivity index (χ3n) is 2.95. The number of benzene rings is 1. The molecule has 0 bridgehead atoms. The molecule has 0 aliphatic carbocycles. The third-order valence-corrected chi connectivity index (χ3v) is 3.28. The van der Waals surface area contributed by atoms with Crippen molar-refractivity contribution in [2.75, 3.05) is 11.5 Å². The van der Waals surface area contributed by atoms with E-state index in [1.54, 1.807) is 12.3 Å². The van der Waals surface area contributed by atoms with Gasteiger partial charge in [-0.05, 0) is 24.3 Å². The number of rotatable bonds is 1. The van der Waals surface area contributed by atoms with E-state index in [4.69, 9.17) is 23.1 Å². The Kier molecular flexibility index (Phi) is 2.72. The van der Waals surface area contributed by atoms with Crippen molar-refractivity contribution in [3.05, 3.63) is 47.6 Å². The van der Waals surface area contributed by atoms with E-state index < -0.39 is 0 Å². The predicted molar refractivity (Wildman–Crippen MR) is 78.8 cm³/mol. The number of nitrogens with two attached hydrogens (primary N) is 2. The molecule has 3 rings (SSSR count). The number of nitrogen functional groups attached to an aromatic ring is 2. The zero-order valence-electron chi connectivity index (χ0n) is 9.97. The van der Waals surface area contributed by atoms with Gasteiger partial charge in [0.25, 0.3) is 0 Å². The van der Waals surface area contributed by atoms with Gasteiger partial charge in [0.2, 0.25) is 0 Å². The second-order valence-corrected chi connectivity index (χ2v) is 4.57. The molecule has 5 heteroatoms. The van der Waals surface area contributed by atoms with Crippen LogP contribution in [-0.4, -0.2) is 9.97 Å². The highest BCUT2D eigenvalue weighted by Gasteiger charge is 2.10. The van der Waals surface area contributed by atoms with Crippen molar-refractivity contribution < 1.29 is 0 Å². The van der Waals surface area contributed by atoms with E-state index in [9.17, 15) is 0 Å². The number of hydrogen-bond donors (Lipinski definition) is 2. The van der Waals surface area contributed by atoms with Crippen LogP contribution in [0.3, 0.4) is 0 Å². The van der Waals surface area contributed by atoms with Crippen molar-refractivity contribution in [1.29, 1.82) is 0 Å². The molecule has 0 spiro atoms. The summed E-state index contributed by atoms with van der Waals surface area (Å²) >= 11 is 6.19. The Bertz CT molecular complexity index is 770. The molecule has 0 amide bonds. The lowest BCUT2D eigenvalue weighted by molar-refractivity contribution is 1.30. The molecule has 0 aliphatic heterocycles. The molecule has 0 saturated heterocycles. The summed E-state index contributed by atoms with van der Waals surface area (Å²) in [5, 5.41) is 2.56. The third kappa shape index (κ3) is 1.96. The molecule has 0 radical (unpaired) electrons. The summed E-state index contributed by atoms with van der Waals surface area (Å²) in [4.78, 5) is 8.45. The summed E-state index contributed by atoms with van der Waals surface area (Å²) in [6, 6.07) is 11.1. The van der Waals surface area contributed by atoms with Gasteiger partial charge in [-0.25, -0.2) is 4.98 Å². The van der Waals surface area contributed by atoms with Crippen molar-refractivity contribution in [2.24, 2.45) is 0 Å². The van der Waals surface area contributed by atoms with Gasteiger partial charge < -0.3 is 11.5 Å². The summed E-state index contributed by atoms with van der Waals surface area (Å²) < 4.78 is 0. The zero-order chi connectivity index (χ0) is 13.4. The number of fused-ring (bicyclic) bond motifs is 1. The normalized spacial score (nSPS) is 10.8. The van der Waals surface area contributed by atoms with Crippen molar-refractivity contribution in [1.82, 2.24) is 9.97 Å². The second kappa shape index (κ2) is 4.40. The van der Waals surface area contributed by atoms with Crippen molar-refractivity contribution in [2.45, 2.75) is 0 Å². The molecule has 4 nitrogen and oxygen atoms in total. The Hall–Kier alpha value is -2.33. The van der Waals surface area contributed by atoms with E-state index in [1.165, 1.54) is 0 Å². The average molecular weight is 271 g/mol. The van der Waals surface area contributed by atoms with Crippen LogP contribution >= 0.6 is 11.6 Å². The Balaban J connectivity index is 2.34. The monoisotopic (exact) mass is 270 g/mol. The first-order valence-electron chi connectivity index (χ1n) is 5.72. The number of hydrogen-bond acceptors (Lipinski definition) is 4. The quantitative estimate of drug-likeness (QED) is 0.712. The van der Waals surface area contributed by atoms with E-state index in [2.05, 4.69) is 9.97 Å². The molecule has 1 aromatic carbocycles. The van der Waals surface area contributed by atoms with Crippen LogP contribution in [-0.2, 0) is 0 Å². The highest BCUT2D eigenvalue weighted by Crippen LogP contribution is 2.32. The molecule has 0 fully saturated rings. The summed E-state index contributed by atoms with van der Waals surface area (Å²) in [6.07, 6.45) is 1.71. The second-order valence-electron chi connectivity index (χ2n) is 4.16. The Morgan fingerprint density at radius 2 is 1.79 bits per heavy atom. The van der Waals surface area contributed by atoms with Gasteiger partial charge in [-0.15, -0.1) is 0 Å². The van der Waals surface area contributed by atoms with Crippen LogP contribution in [0.25, 0.3) is 22.0 Å². The summed E-state index contributed by atoms with van der Waals surface area (Å²) in [7, 11) is 0. The lowest BCUT2D eigenvalue weighted by Gasteiger charge is -2.09. The van der Waals surface area contributed by atoms with E-state index >= 15 is 0 Å². The highest BCUT2D eigenvalue weighted by molar-refractivity contribution is 6.35. The molecule has 0 aliphatic rings. The van der Waals surface area contributed by atoms with E-state index in [0.29, 0.717) is 16.7 Å². The minimum absolute atomic E-state index is 0.361. The zero-order valence-corrected chi connectivity index (χ0v) is 10.7. The summed E-state index contributed by atoms with van der Waals surface area (Å²) in [5.41, 5.74) is 13.0. The fourth-order valence-electron chi connectivity index (χ4n) is 2.07. The Labute approximate surface area is 115 Å². The topological polar surface area (TPSA) is 77.8 Å². The Morgan fingerprint density at radius 3 is 2.58 bits per heavy atom. The molecule has 0 atom stereocenters. The largest absolute Gasteiger partial charge is 0.384 e. The van der Waals surface area contributed by atoms with Gasteiger partial charge in [-0.1, -0.05) is 23.7 Å². The van der Waals surface area contributed by atoms with E-state index in [1.807, 2.05) is 30.3 Å². The molecule has 94 valence electrons. The minimum atomic E-state index is 0.361. The van der Waals surface area contributed by atoms with Crippen LogP contribution in [0.5, 0.6) is 0 Å². The average Bonchev–Trinajstić information content (AvgIpc) is 2.39. The lowest BCUT2D eigenvalue weighted by atomic mass is 10.0. The van der Waals surface area contributed by atoms with Crippen LogP contribution in [0.1, 0.15) is 0 Å². The molecule has 19 heavy (non-hydrogen) atoms. The number of aromatic nitrogens is 2. The predicted octanol–water partition coefficient (Wildman–Crippen LogP) is 3.11. The van der Waals surface area contributed by atoms with Gasteiger partial charge in [-0.2, -0.15) is 0 Å². The van der Waals surface area contributed by atoms with Crippen LogP contribution < -0.4 is 11.5 Å². The molecule has 2 heterocycles. The first-order chi connectivity index (χ1) is 9.16. The van der Waals surface area contributed by atoms with Gasteiger partial charge in [0.05, 0.1) is 5.69 Å². The molecule has 2 aromatic heterocycles. The van der Waals surface area contributed by atoms with Crippen LogP contribution in [0.4, 0.5) is 11.6 Å². The highest BCUT2D eigenvalue weighted by atomic mass is 35.5. The van der Waals surface area contributed by atoms with E-state index in [-0.39, 0.29) is 0 Å². The number of anilines is 2. The SMILES string of the molecule is Nc1ccc(-c2nccc3c(Cl)cccc23)c(N)n1. The molecule has 3 aromatic rings. The van der Waals surface area contributed by atoms with Gasteiger partial charge in [-0.3, -0.25) is 4.98 Å². The maximum Gasteiger partial charge on any atom is 0.135 e. The molecule has 4 N–H and O–H groups in total. The van der Waals surface area contributed by atoms with Gasteiger partial charge >= 0.3 is 0 Å².